The molecule has 0 N–H and O–H groups in total. The summed E-state index contributed by atoms with van der Waals surface area (Å²) in [6, 6.07) is 8.26. The fraction of sp³-hybridized carbons (Fsp3) is 0.632. The molecule has 0 aromatic heterocycles. The van der Waals surface area contributed by atoms with E-state index in [-0.39, 0.29) is 5.25 Å². The van der Waals surface area contributed by atoms with E-state index in [1.807, 2.05) is 24.0 Å². The summed E-state index contributed by atoms with van der Waals surface area (Å²) in [6.45, 7) is 8.31. The molecule has 2 fully saturated rings. The van der Waals surface area contributed by atoms with Gasteiger partial charge in [0.25, 0.3) is 0 Å². The lowest BCUT2D eigenvalue weighted by Gasteiger charge is -2.36. The van der Waals surface area contributed by atoms with E-state index < -0.39 is 0 Å². The van der Waals surface area contributed by atoms with Gasteiger partial charge in [-0.2, -0.15) is 0 Å². The maximum Gasteiger partial charge on any atom is 0.236 e. The van der Waals surface area contributed by atoms with Crippen molar-refractivity contribution in [2.75, 3.05) is 57.2 Å². The number of rotatable bonds is 7. The van der Waals surface area contributed by atoms with Gasteiger partial charge in [0, 0.05) is 32.7 Å². The zero-order valence-electron chi connectivity index (χ0n) is 15.3. The molecule has 0 bridgehead atoms. The number of para-hydroxylation sites is 2. The van der Waals surface area contributed by atoms with Crippen molar-refractivity contribution in [1.29, 1.82) is 0 Å². The lowest BCUT2D eigenvalue weighted by molar-refractivity contribution is -0.128. The number of nitrogens with zero attached hydrogens (tertiary/aromatic N) is 3. The van der Waals surface area contributed by atoms with Gasteiger partial charge in [-0.05, 0) is 38.4 Å². The molecule has 2 aliphatic rings. The van der Waals surface area contributed by atoms with Crippen LogP contribution >= 0.6 is 11.8 Å². The molecule has 6 heteroatoms. The van der Waals surface area contributed by atoms with Gasteiger partial charge in [-0.25, -0.2) is 0 Å². The van der Waals surface area contributed by atoms with Gasteiger partial charge in [-0.1, -0.05) is 12.1 Å². The fourth-order valence-electron chi connectivity index (χ4n) is 3.51. The third-order valence-corrected chi connectivity index (χ3v) is 6.25. The van der Waals surface area contributed by atoms with Crippen LogP contribution in [0.25, 0.3) is 0 Å². The van der Waals surface area contributed by atoms with Gasteiger partial charge in [0.2, 0.25) is 5.91 Å². The lowest BCUT2D eigenvalue weighted by atomic mass is 10.2. The van der Waals surface area contributed by atoms with Gasteiger partial charge in [-0.15, -0.1) is 11.8 Å². The summed E-state index contributed by atoms with van der Waals surface area (Å²) in [5.74, 6) is 2.14. The Labute approximate surface area is 155 Å². The highest BCUT2D eigenvalue weighted by molar-refractivity contribution is 8.01. The van der Waals surface area contributed by atoms with Gasteiger partial charge in [0.05, 0.1) is 23.9 Å². The highest BCUT2D eigenvalue weighted by atomic mass is 32.2. The molecule has 2 heterocycles. The van der Waals surface area contributed by atoms with Crippen LogP contribution in [-0.4, -0.2) is 73.2 Å². The number of thioether (sulfide) groups is 1. The van der Waals surface area contributed by atoms with Crippen molar-refractivity contribution in [2.45, 2.75) is 25.0 Å². The predicted molar refractivity (Wildman–Crippen MR) is 105 cm³/mol. The van der Waals surface area contributed by atoms with Crippen molar-refractivity contribution in [2.24, 2.45) is 0 Å². The maximum absolute atomic E-state index is 11.9. The second-order valence-electron chi connectivity index (χ2n) is 6.75. The Bertz CT molecular complexity index is 576. The van der Waals surface area contributed by atoms with Gasteiger partial charge in [-0.3, -0.25) is 9.69 Å². The Balaban J connectivity index is 1.36. The van der Waals surface area contributed by atoms with Crippen molar-refractivity contribution < 1.29 is 9.53 Å². The predicted octanol–water partition coefficient (Wildman–Crippen LogP) is 2.52. The summed E-state index contributed by atoms with van der Waals surface area (Å²) in [4.78, 5) is 18.9. The minimum absolute atomic E-state index is 0.156. The van der Waals surface area contributed by atoms with Gasteiger partial charge >= 0.3 is 0 Å². The van der Waals surface area contributed by atoms with Crippen LogP contribution in [0.3, 0.4) is 0 Å². The smallest absolute Gasteiger partial charge is 0.236 e. The molecular formula is C19H29N3O2S. The SMILES string of the molecule is COc1ccccc1N1CCN(CCCCN2CSC(C)C2=O)CC1. The third kappa shape index (κ3) is 4.61. The molecule has 138 valence electrons. The molecule has 2 aliphatic heterocycles. The number of piperazine rings is 1. The summed E-state index contributed by atoms with van der Waals surface area (Å²) in [7, 11) is 1.74. The van der Waals surface area contributed by atoms with Crippen LogP contribution in [0.4, 0.5) is 5.69 Å². The number of ether oxygens (including phenoxy) is 1. The first-order valence-electron chi connectivity index (χ1n) is 9.20. The molecule has 1 aromatic rings. The molecule has 0 aliphatic carbocycles. The number of amides is 1. The molecule has 1 atom stereocenters. The summed E-state index contributed by atoms with van der Waals surface area (Å²) in [5.41, 5.74) is 1.20. The Morgan fingerprint density at radius 1 is 1.12 bits per heavy atom. The number of carbonyl (C=O) groups excluding carboxylic acids is 1. The molecule has 1 amide bonds. The van der Waals surface area contributed by atoms with Crippen molar-refractivity contribution in [3.8, 4) is 5.75 Å². The zero-order valence-corrected chi connectivity index (χ0v) is 16.1. The molecule has 1 unspecified atom stereocenters. The van der Waals surface area contributed by atoms with E-state index >= 15 is 0 Å². The second-order valence-corrected chi connectivity index (χ2v) is 8.05. The van der Waals surface area contributed by atoms with E-state index in [0.717, 1.165) is 63.7 Å². The number of benzene rings is 1. The van der Waals surface area contributed by atoms with Crippen molar-refractivity contribution in [3.63, 3.8) is 0 Å². The number of carbonyl (C=O) groups is 1. The Morgan fingerprint density at radius 3 is 2.52 bits per heavy atom. The average Bonchev–Trinajstić information content (AvgIpc) is 2.98. The minimum Gasteiger partial charge on any atom is -0.495 e. The van der Waals surface area contributed by atoms with E-state index in [0.29, 0.717) is 5.91 Å². The molecule has 5 nitrogen and oxygen atoms in total. The highest BCUT2D eigenvalue weighted by Crippen LogP contribution is 2.28. The molecule has 3 rings (SSSR count). The molecule has 1 aromatic carbocycles. The van der Waals surface area contributed by atoms with E-state index in [1.54, 1.807) is 18.9 Å². The van der Waals surface area contributed by atoms with E-state index in [4.69, 9.17) is 4.74 Å². The van der Waals surface area contributed by atoms with Crippen molar-refractivity contribution in [1.82, 2.24) is 9.80 Å². The summed E-state index contributed by atoms with van der Waals surface area (Å²) in [6.07, 6.45) is 2.27. The first-order chi connectivity index (χ1) is 12.2. The standard InChI is InChI=1S/C19H29N3O2S/c1-16-19(23)22(15-25-16)10-6-5-9-20-11-13-21(14-12-20)17-7-3-4-8-18(17)24-2/h3-4,7-8,16H,5-6,9-15H2,1-2H3. The van der Waals surface area contributed by atoms with Crippen LogP contribution < -0.4 is 9.64 Å². The molecule has 0 saturated carbocycles. The summed E-state index contributed by atoms with van der Waals surface area (Å²) in [5, 5.41) is 0.156. The maximum atomic E-state index is 11.9. The van der Waals surface area contributed by atoms with Crippen LogP contribution in [0, 0.1) is 0 Å². The highest BCUT2D eigenvalue weighted by Gasteiger charge is 2.27. The summed E-state index contributed by atoms with van der Waals surface area (Å²) < 4.78 is 5.48. The quantitative estimate of drug-likeness (QED) is 0.696. The first-order valence-corrected chi connectivity index (χ1v) is 10.2. The molecule has 2 saturated heterocycles. The molecular weight excluding hydrogens is 334 g/mol. The van der Waals surface area contributed by atoms with Gasteiger partial charge in [0.1, 0.15) is 5.75 Å². The topological polar surface area (TPSA) is 36.0 Å². The Morgan fingerprint density at radius 2 is 1.84 bits per heavy atom. The number of methoxy groups -OCH3 is 1. The zero-order chi connectivity index (χ0) is 17.6. The van der Waals surface area contributed by atoms with Crippen LogP contribution in [0.2, 0.25) is 0 Å². The normalized spacial score (nSPS) is 21.8. The third-order valence-electron chi connectivity index (χ3n) is 5.09. The van der Waals surface area contributed by atoms with Crippen molar-refractivity contribution in [3.05, 3.63) is 24.3 Å². The van der Waals surface area contributed by atoms with Crippen LogP contribution in [0.1, 0.15) is 19.8 Å². The van der Waals surface area contributed by atoms with Crippen molar-refractivity contribution >= 4 is 23.4 Å². The monoisotopic (exact) mass is 363 g/mol. The lowest BCUT2D eigenvalue weighted by Crippen LogP contribution is -2.46. The Hall–Kier alpha value is -1.40. The Kier molecular flexibility index (Phi) is 6.48. The number of hydrogen-bond donors (Lipinski definition) is 0. The van der Waals surface area contributed by atoms with Gasteiger partial charge in [0.15, 0.2) is 0 Å². The first kappa shape index (κ1) is 18.4. The van der Waals surface area contributed by atoms with Crippen LogP contribution in [0.15, 0.2) is 24.3 Å². The number of hydrogen-bond acceptors (Lipinski definition) is 5. The minimum atomic E-state index is 0.156. The molecule has 25 heavy (non-hydrogen) atoms. The van der Waals surface area contributed by atoms with Crippen LogP contribution in [-0.2, 0) is 4.79 Å². The summed E-state index contributed by atoms with van der Waals surface area (Å²) >= 11 is 1.75. The van der Waals surface area contributed by atoms with Crippen LogP contribution in [0.5, 0.6) is 5.75 Å². The van der Waals surface area contributed by atoms with E-state index in [2.05, 4.69) is 21.9 Å². The number of unbranched alkanes of at least 4 members (excludes halogenated alkanes) is 1. The fourth-order valence-corrected chi connectivity index (χ4v) is 4.46. The molecule has 0 spiro atoms. The molecule has 0 radical (unpaired) electrons. The van der Waals surface area contributed by atoms with E-state index in [9.17, 15) is 4.79 Å². The van der Waals surface area contributed by atoms with E-state index in [1.165, 1.54) is 5.69 Å². The van der Waals surface area contributed by atoms with Gasteiger partial charge < -0.3 is 14.5 Å². The average molecular weight is 364 g/mol. The largest absolute Gasteiger partial charge is 0.495 e. The number of anilines is 1. The second kappa shape index (κ2) is 8.81.